The molecule has 2 aromatic heterocycles. The fourth-order valence-electron chi connectivity index (χ4n) is 2.23. The van der Waals surface area contributed by atoms with Crippen LogP contribution in [-0.4, -0.2) is 4.98 Å². The van der Waals surface area contributed by atoms with Crippen LogP contribution in [-0.2, 0) is 0 Å². The number of pyridine rings is 1. The molecule has 0 aliphatic carbocycles. The Kier molecular flexibility index (Phi) is 3.79. The fraction of sp³-hybridized carbons (Fsp3) is 0.0714. The topological polar surface area (TPSA) is 50.9 Å². The summed E-state index contributed by atoms with van der Waals surface area (Å²) in [5, 5.41) is 4.45. The van der Waals surface area contributed by atoms with Crippen LogP contribution in [0.2, 0.25) is 0 Å². The zero-order valence-electron chi connectivity index (χ0n) is 10.0. The van der Waals surface area contributed by atoms with Gasteiger partial charge >= 0.3 is 0 Å². The molecule has 3 N–H and O–H groups in total. The molecule has 1 aromatic carbocycles. The van der Waals surface area contributed by atoms with Gasteiger partial charge in [-0.05, 0) is 56.6 Å². The Morgan fingerprint density at radius 1 is 1.32 bits per heavy atom. The minimum absolute atomic E-state index is 0.00679. The smallest absolute Gasteiger partial charge is 0.0725 e. The van der Waals surface area contributed by atoms with E-state index < -0.39 is 0 Å². The fourth-order valence-corrected chi connectivity index (χ4v) is 3.63. The third kappa shape index (κ3) is 2.51. The summed E-state index contributed by atoms with van der Waals surface area (Å²) in [4.78, 5) is 4.22. The number of thiophene rings is 1. The lowest BCUT2D eigenvalue weighted by Gasteiger charge is -2.17. The van der Waals surface area contributed by atoms with Gasteiger partial charge in [-0.15, -0.1) is 11.3 Å². The molecule has 0 fully saturated rings. The molecule has 5 heteroatoms. The van der Waals surface area contributed by atoms with E-state index in [1.165, 1.54) is 13.8 Å². The molecule has 3 nitrogen and oxygen atoms in total. The molecular weight excluding hydrogens is 369 g/mol. The SMILES string of the molecule is NNC(c1csc(I)c1)c1cccc2ccncc12. The van der Waals surface area contributed by atoms with E-state index in [1.807, 2.05) is 18.5 Å². The predicted molar refractivity (Wildman–Crippen MR) is 87.9 cm³/mol. The third-order valence-electron chi connectivity index (χ3n) is 3.12. The summed E-state index contributed by atoms with van der Waals surface area (Å²) >= 11 is 4.05. The van der Waals surface area contributed by atoms with Crippen molar-refractivity contribution in [3.8, 4) is 0 Å². The number of hydrogen-bond donors (Lipinski definition) is 2. The first-order chi connectivity index (χ1) is 9.29. The van der Waals surface area contributed by atoms with E-state index in [-0.39, 0.29) is 6.04 Å². The zero-order chi connectivity index (χ0) is 13.2. The molecule has 1 atom stereocenters. The first-order valence-corrected chi connectivity index (χ1v) is 7.78. The Morgan fingerprint density at radius 3 is 2.95 bits per heavy atom. The molecular formula is C14H12IN3S. The standard InChI is InChI=1S/C14H12IN3S/c15-13-6-10(8-19-13)14(18-16)11-3-1-2-9-4-5-17-7-12(9)11/h1-8,14,18H,16H2. The van der Waals surface area contributed by atoms with Gasteiger partial charge in [-0.2, -0.15) is 0 Å². The molecule has 0 radical (unpaired) electrons. The van der Waals surface area contributed by atoms with Crippen LogP contribution < -0.4 is 11.3 Å². The summed E-state index contributed by atoms with van der Waals surface area (Å²) in [5.41, 5.74) is 5.26. The number of benzene rings is 1. The minimum Gasteiger partial charge on any atom is -0.271 e. The average molecular weight is 381 g/mol. The third-order valence-corrected chi connectivity index (χ3v) is 4.92. The molecule has 3 aromatic rings. The largest absolute Gasteiger partial charge is 0.271 e. The van der Waals surface area contributed by atoms with Crippen molar-refractivity contribution in [3.63, 3.8) is 0 Å². The van der Waals surface area contributed by atoms with E-state index in [0.717, 1.165) is 10.9 Å². The van der Waals surface area contributed by atoms with Crippen molar-refractivity contribution in [1.82, 2.24) is 10.4 Å². The highest BCUT2D eigenvalue weighted by molar-refractivity contribution is 14.1. The number of nitrogens with two attached hydrogens (primary N) is 1. The number of rotatable bonds is 3. The quantitative estimate of drug-likeness (QED) is 0.415. The summed E-state index contributed by atoms with van der Waals surface area (Å²) in [7, 11) is 0. The predicted octanol–water partition coefficient (Wildman–Crippen LogP) is 3.45. The van der Waals surface area contributed by atoms with Crippen molar-refractivity contribution in [2.45, 2.75) is 6.04 Å². The number of halogens is 1. The molecule has 3 rings (SSSR count). The van der Waals surface area contributed by atoms with Crippen LogP contribution in [0.5, 0.6) is 0 Å². The molecule has 0 saturated heterocycles. The van der Waals surface area contributed by atoms with Crippen LogP contribution in [0.25, 0.3) is 10.8 Å². The Morgan fingerprint density at radius 2 is 2.21 bits per heavy atom. The first-order valence-electron chi connectivity index (χ1n) is 5.82. The van der Waals surface area contributed by atoms with Crippen LogP contribution >= 0.6 is 33.9 Å². The van der Waals surface area contributed by atoms with Gasteiger partial charge in [0, 0.05) is 17.8 Å². The van der Waals surface area contributed by atoms with E-state index in [4.69, 9.17) is 5.84 Å². The second kappa shape index (κ2) is 5.54. The van der Waals surface area contributed by atoms with Crippen LogP contribution in [0.1, 0.15) is 17.2 Å². The van der Waals surface area contributed by atoms with Crippen LogP contribution in [0.4, 0.5) is 0 Å². The highest BCUT2D eigenvalue weighted by atomic mass is 127. The molecule has 0 spiro atoms. The van der Waals surface area contributed by atoms with Gasteiger partial charge in [-0.1, -0.05) is 18.2 Å². The van der Waals surface area contributed by atoms with Gasteiger partial charge in [0.1, 0.15) is 0 Å². The van der Waals surface area contributed by atoms with Crippen molar-refractivity contribution in [2.75, 3.05) is 0 Å². The molecule has 0 aliphatic rings. The molecule has 19 heavy (non-hydrogen) atoms. The Balaban J connectivity index is 2.16. The van der Waals surface area contributed by atoms with Crippen LogP contribution in [0.3, 0.4) is 0 Å². The van der Waals surface area contributed by atoms with E-state index in [9.17, 15) is 0 Å². The van der Waals surface area contributed by atoms with Gasteiger partial charge in [-0.25, -0.2) is 5.43 Å². The number of hydrazine groups is 1. The van der Waals surface area contributed by atoms with E-state index >= 15 is 0 Å². The second-order valence-electron chi connectivity index (χ2n) is 4.23. The molecule has 0 saturated carbocycles. The van der Waals surface area contributed by atoms with Crippen molar-refractivity contribution in [3.05, 3.63) is 62.1 Å². The highest BCUT2D eigenvalue weighted by Crippen LogP contribution is 2.30. The number of nitrogens with one attached hydrogen (secondary N) is 1. The molecule has 0 amide bonds. The lowest BCUT2D eigenvalue weighted by Crippen LogP contribution is -2.28. The van der Waals surface area contributed by atoms with Crippen LogP contribution in [0, 0.1) is 2.88 Å². The van der Waals surface area contributed by atoms with Crippen molar-refractivity contribution >= 4 is 44.7 Å². The maximum Gasteiger partial charge on any atom is 0.0725 e. The molecule has 0 aliphatic heterocycles. The number of hydrogen-bond acceptors (Lipinski definition) is 4. The minimum atomic E-state index is -0.00679. The van der Waals surface area contributed by atoms with Crippen LogP contribution in [0.15, 0.2) is 48.1 Å². The zero-order valence-corrected chi connectivity index (χ0v) is 13.0. The average Bonchev–Trinajstić information content (AvgIpc) is 2.86. The van der Waals surface area contributed by atoms with Gasteiger partial charge in [0.25, 0.3) is 0 Å². The maximum absolute atomic E-state index is 5.77. The number of aromatic nitrogens is 1. The summed E-state index contributed by atoms with van der Waals surface area (Å²) in [6, 6.07) is 10.4. The van der Waals surface area contributed by atoms with Crippen molar-refractivity contribution in [1.29, 1.82) is 0 Å². The number of fused-ring (bicyclic) bond motifs is 1. The Hall–Kier alpha value is -1.02. The molecule has 0 bridgehead atoms. The lowest BCUT2D eigenvalue weighted by atomic mass is 9.97. The summed E-state index contributed by atoms with van der Waals surface area (Å²) in [5.74, 6) is 5.77. The second-order valence-corrected chi connectivity index (χ2v) is 7.03. The van der Waals surface area contributed by atoms with Gasteiger partial charge < -0.3 is 0 Å². The van der Waals surface area contributed by atoms with Gasteiger partial charge in [0.2, 0.25) is 0 Å². The summed E-state index contributed by atoms with van der Waals surface area (Å²) < 4.78 is 1.26. The van der Waals surface area contributed by atoms with Gasteiger partial charge in [-0.3, -0.25) is 10.8 Å². The number of nitrogens with zero attached hydrogens (tertiary/aromatic N) is 1. The maximum atomic E-state index is 5.77. The molecule has 96 valence electrons. The Bertz CT molecular complexity index is 705. The normalized spacial score (nSPS) is 12.7. The summed E-state index contributed by atoms with van der Waals surface area (Å²) in [6.45, 7) is 0. The molecule has 1 unspecified atom stereocenters. The molecule has 2 heterocycles. The van der Waals surface area contributed by atoms with Gasteiger partial charge in [0.15, 0.2) is 0 Å². The lowest BCUT2D eigenvalue weighted by molar-refractivity contribution is 0.642. The Labute approximate surface area is 129 Å². The monoisotopic (exact) mass is 381 g/mol. The highest BCUT2D eigenvalue weighted by Gasteiger charge is 2.16. The summed E-state index contributed by atoms with van der Waals surface area (Å²) in [6.07, 6.45) is 3.71. The van der Waals surface area contributed by atoms with E-state index in [0.29, 0.717) is 0 Å². The van der Waals surface area contributed by atoms with Crippen molar-refractivity contribution in [2.24, 2.45) is 5.84 Å². The first kappa shape index (κ1) is 13.0. The van der Waals surface area contributed by atoms with E-state index in [1.54, 1.807) is 11.3 Å². The van der Waals surface area contributed by atoms with E-state index in [2.05, 4.69) is 62.6 Å². The van der Waals surface area contributed by atoms with Gasteiger partial charge in [0.05, 0.1) is 8.93 Å². The van der Waals surface area contributed by atoms with Crippen molar-refractivity contribution < 1.29 is 0 Å².